The van der Waals surface area contributed by atoms with Crippen LogP contribution in [0, 0.1) is 17.0 Å². The van der Waals surface area contributed by atoms with E-state index in [1.54, 1.807) is 24.0 Å². The highest BCUT2D eigenvalue weighted by atomic mass is 16.6. The molecule has 1 aliphatic heterocycles. The Morgan fingerprint density at radius 2 is 1.91 bits per heavy atom. The highest BCUT2D eigenvalue weighted by Gasteiger charge is 2.22. The van der Waals surface area contributed by atoms with Crippen molar-refractivity contribution in [2.75, 3.05) is 11.9 Å². The molecule has 2 aromatic rings. The molecule has 0 fully saturated rings. The lowest BCUT2D eigenvalue weighted by Gasteiger charge is -2.29. The van der Waals surface area contributed by atoms with Gasteiger partial charge in [-0.3, -0.25) is 10.1 Å². The third kappa shape index (κ3) is 3.01. The predicted molar refractivity (Wildman–Crippen MR) is 87.4 cm³/mol. The fourth-order valence-corrected chi connectivity index (χ4v) is 2.82. The van der Waals surface area contributed by atoms with Crippen molar-refractivity contribution in [2.45, 2.75) is 19.9 Å². The first-order valence-corrected chi connectivity index (χ1v) is 7.43. The number of anilines is 1. The summed E-state index contributed by atoms with van der Waals surface area (Å²) in [4.78, 5) is 24.7. The number of rotatable bonds is 2. The van der Waals surface area contributed by atoms with Crippen molar-refractivity contribution >= 4 is 17.4 Å². The summed E-state index contributed by atoms with van der Waals surface area (Å²) in [7, 11) is 0. The van der Waals surface area contributed by atoms with Crippen molar-refractivity contribution < 1.29 is 9.72 Å². The van der Waals surface area contributed by atoms with Gasteiger partial charge in [0.15, 0.2) is 0 Å². The van der Waals surface area contributed by atoms with Gasteiger partial charge in [-0.25, -0.2) is 4.79 Å². The van der Waals surface area contributed by atoms with Crippen molar-refractivity contribution in [1.82, 2.24) is 4.90 Å². The van der Waals surface area contributed by atoms with Crippen LogP contribution in [-0.2, 0) is 13.0 Å². The Morgan fingerprint density at radius 3 is 2.65 bits per heavy atom. The zero-order chi connectivity index (χ0) is 16.4. The fraction of sp³-hybridized carbons (Fsp3) is 0.235. The third-order valence-corrected chi connectivity index (χ3v) is 4.16. The summed E-state index contributed by atoms with van der Waals surface area (Å²) >= 11 is 0. The molecule has 0 radical (unpaired) electrons. The minimum Gasteiger partial charge on any atom is -0.320 e. The maximum Gasteiger partial charge on any atom is 0.322 e. The summed E-state index contributed by atoms with van der Waals surface area (Å²) < 4.78 is 0. The molecule has 1 heterocycles. The van der Waals surface area contributed by atoms with Crippen molar-refractivity contribution in [1.29, 1.82) is 0 Å². The molecular formula is C17H17N3O3. The average molecular weight is 311 g/mol. The molecule has 0 spiro atoms. The van der Waals surface area contributed by atoms with Crippen LogP contribution in [0.1, 0.15) is 16.7 Å². The summed E-state index contributed by atoms with van der Waals surface area (Å²) in [6.07, 6.45) is 0.817. The molecule has 0 unspecified atom stereocenters. The number of nitrogens with zero attached hydrogens (tertiary/aromatic N) is 2. The Hall–Kier alpha value is -2.89. The Balaban J connectivity index is 1.76. The van der Waals surface area contributed by atoms with Crippen LogP contribution in [0.4, 0.5) is 16.2 Å². The number of nitrogens with one attached hydrogen (secondary N) is 1. The van der Waals surface area contributed by atoms with Crippen LogP contribution in [0.2, 0.25) is 0 Å². The van der Waals surface area contributed by atoms with Crippen LogP contribution in [0.5, 0.6) is 0 Å². The van der Waals surface area contributed by atoms with Gasteiger partial charge in [0.25, 0.3) is 5.69 Å². The molecule has 6 heteroatoms. The molecule has 0 atom stereocenters. The number of nitro benzene ring substituents is 1. The van der Waals surface area contributed by atoms with Crippen molar-refractivity contribution in [3.63, 3.8) is 0 Å². The second-order valence-electron chi connectivity index (χ2n) is 5.58. The maximum atomic E-state index is 12.5. The number of fused-ring (bicyclic) bond motifs is 1. The Morgan fingerprint density at radius 1 is 1.17 bits per heavy atom. The van der Waals surface area contributed by atoms with Gasteiger partial charge < -0.3 is 10.2 Å². The summed E-state index contributed by atoms with van der Waals surface area (Å²) in [5.41, 5.74) is 3.35. The lowest BCUT2D eigenvalue weighted by Crippen LogP contribution is -2.39. The van der Waals surface area contributed by atoms with E-state index in [1.807, 2.05) is 18.2 Å². The van der Waals surface area contributed by atoms with Gasteiger partial charge in [0, 0.05) is 19.2 Å². The van der Waals surface area contributed by atoms with Gasteiger partial charge >= 0.3 is 6.03 Å². The lowest BCUT2D eigenvalue weighted by molar-refractivity contribution is -0.385. The number of carbonyl (C=O) groups excluding carboxylic acids is 1. The summed E-state index contributed by atoms with van der Waals surface area (Å²) in [6.45, 7) is 2.83. The van der Waals surface area contributed by atoms with Crippen molar-refractivity contribution in [3.05, 3.63) is 69.3 Å². The van der Waals surface area contributed by atoms with E-state index in [-0.39, 0.29) is 11.7 Å². The smallest absolute Gasteiger partial charge is 0.320 e. The first-order chi connectivity index (χ1) is 11.1. The number of hydrogen-bond acceptors (Lipinski definition) is 3. The van der Waals surface area contributed by atoms with Crippen LogP contribution < -0.4 is 5.32 Å². The standard InChI is InChI=1S/C17H17N3O3/c1-12-15(7-4-8-16(12)20(22)23)18-17(21)19-10-9-13-5-2-3-6-14(13)11-19/h2-8H,9-11H2,1H3,(H,18,21). The fourth-order valence-electron chi connectivity index (χ4n) is 2.82. The van der Waals surface area contributed by atoms with Crippen molar-refractivity contribution in [2.24, 2.45) is 0 Å². The molecular weight excluding hydrogens is 294 g/mol. The molecule has 6 nitrogen and oxygen atoms in total. The molecule has 0 aromatic heterocycles. The van der Waals surface area contributed by atoms with E-state index >= 15 is 0 Å². The second kappa shape index (κ2) is 6.08. The topological polar surface area (TPSA) is 75.5 Å². The Bertz CT molecular complexity index is 773. The molecule has 2 amide bonds. The highest BCUT2D eigenvalue weighted by molar-refractivity contribution is 5.91. The molecule has 1 aliphatic rings. The number of carbonyl (C=O) groups is 1. The maximum absolute atomic E-state index is 12.5. The molecule has 23 heavy (non-hydrogen) atoms. The van der Waals surface area contributed by atoms with Gasteiger partial charge in [-0.1, -0.05) is 30.3 Å². The summed E-state index contributed by atoms with van der Waals surface area (Å²) in [5.74, 6) is 0. The van der Waals surface area contributed by atoms with Crippen LogP contribution in [0.3, 0.4) is 0 Å². The third-order valence-electron chi connectivity index (χ3n) is 4.16. The monoisotopic (exact) mass is 311 g/mol. The number of nitro groups is 1. The van der Waals surface area contributed by atoms with Gasteiger partial charge in [0.1, 0.15) is 0 Å². The van der Waals surface area contributed by atoms with E-state index in [2.05, 4.69) is 11.4 Å². The van der Waals surface area contributed by atoms with Gasteiger partial charge in [0.05, 0.1) is 16.2 Å². The van der Waals surface area contributed by atoms with Gasteiger partial charge in [-0.05, 0) is 30.5 Å². The van der Waals surface area contributed by atoms with E-state index in [9.17, 15) is 14.9 Å². The molecule has 0 saturated carbocycles. The van der Waals surface area contributed by atoms with Gasteiger partial charge in [0.2, 0.25) is 0 Å². The Labute approximate surface area is 133 Å². The number of hydrogen-bond donors (Lipinski definition) is 1. The van der Waals surface area contributed by atoms with Gasteiger partial charge in [-0.2, -0.15) is 0 Å². The first-order valence-electron chi connectivity index (χ1n) is 7.43. The Kier molecular flexibility index (Phi) is 3.97. The SMILES string of the molecule is Cc1c(NC(=O)N2CCc3ccccc3C2)cccc1[N+](=O)[O-]. The van der Waals surface area contributed by atoms with Gasteiger partial charge in [-0.15, -0.1) is 0 Å². The second-order valence-corrected chi connectivity index (χ2v) is 5.58. The minimum absolute atomic E-state index is 0.00629. The lowest BCUT2D eigenvalue weighted by atomic mass is 10.0. The normalized spacial score (nSPS) is 13.3. The summed E-state index contributed by atoms with van der Waals surface area (Å²) in [5, 5.41) is 13.8. The van der Waals surface area contributed by atoms with E-state index in [0.717, 1.165) is 12.0 Å². The highest BCUT2D eigenvalue weighted by Crippen LogP contribution is 2.26. The molecule has 3 rings (SSSR count). The first kappa shape index (κ1) is 15.0. The molecule has 2 aromatic carbocycles. The van der Waals surface area contributed by atoms with E-state index in [1.165, 1.54) is 11.6 Å². The van der Waals surface area contributed by atoms with Crippen molar-refractivity contribution in [3.8, 4) is 0 Å². The molecule has 0 aliphatic carbocycles. The van der Waals surface area contributed by atoms with E-state index in [0.29, 0.717) is 24.3 Å². The zero-order valence-electron chi connectivity index (χ0n) is 12.8. The van der Waals surface area contributed by atoms with E-state index < -0.39 is 4.92 Å². The quantitative estimate of drug-likeness (QED) is 0.681. The zero-order valence-corrected chi connectivity index (χ0v) is 12.8. The minimum atomic E-state index is -0.442. The largest absolute Gasteiger partial charge is 0.322 e. The number of urea groups is 1. The molecule has 0 saturated heterocycles. The van der Waals surface area contributed by atoms with Crippen LogP contribution in [-0.4, -0.2) is 22.4 Å². The number of benzene rings is 2. The molecule has 118 valence electrons. The average Bonchev–Trinajstić information content (AvgIpc) is 2.56. The molecule has 0 bridgehead atoms. The van der Waals surface area contributed by atoms with Crippen LogP contribution >= 0.6 is 0 Å². The van der Waals surface area contributed by atoms with Crippen LogP contribution in [0.25, 0.3) is 0 Å². The van der Waals surface area contributed by atoms with E-state index in [4.69, 9.17) is 0 Å². The predicted octanol–water partition coefficient (Wildman–Crippen LogP) is 3.49. The molecule has 1 N–H and O–H groups in total. The van der Waals surface area contributed by atoms with Crippen LogP contribution in [0.15, 0.2) is 42.5 Å². The summed E-state index contributed by atoms with van der Waals surface area (Å²) in [6, 6.07) is 12.5. The number of amides is 2.